The first-order valence-corrected chi connectivity index (χ1v) is 7.78. The lowest BCUT2D eigenvalue weighted by Gasteiger charge is -2.41. The molecular weight excluding hydrogens is 260 g/mol. The molecule has 1 aliphatic carbocycles. The standard InChI is InChI=1S/C18H22N2O/c1-3-20-16(12-14(2)19-20)13-17(21)18(10-7-11-18)15-8-5-4-6-9-15/h4-6,8-9,12H,3,7,10-11,13H2,1-2H3. The Bertz CT molecular complexity index is 638. The van der Waals surface area contributed by atoms with Crippen LogP contribution in [0.4, 0.5) is 0 Å². The van der Waals surface area contributed by atoms with Gasteiger partial charge in [0, 0.05) is 18.7 Å². The minimum Gasteiger partial charge on any atom is -0.298 e. The molecule has 3 nitrogen and oxygen atoms in total. The van der Waals surface area contributed by atoms with E-state index in [2.05, 4.69) is 24.2 Å². The molecule has 1 aromatic carbocycles. The molecule has 0 unspecified atom stereocenters. The summed E-state index contributed by atoms with van der Waals surface area (Å²) in [6, 6.07) is 12.3. The van der Waals surface area contributed by atoms with Crippen molar-refractivity contribution in [3.8, 4) is 0 Å². The van der Waals surface area contributed by atoms with Gasteiger partial charge in [0.15, 0.2) is 0 Å². The number of rotatable bonds is 5. The molecule has 0 spiro atoms. The molecule has 21 heavy (non-hydrogen) atoms. The van der Waals surface area contributed by atoms with E-state index in [0.717, 1.165) is 37.2 Å². The zero-order valence-electron chi connectivity index (χ0n) is 12.8. The average molecular weight is 282 g/mol. The van der Waals surface area contributed by atoms with Gasteiger partial charge in [-0.25, -0.2) is 0 Å². The van der Waals surface area contributed by atoms with Gasteiger partial charge in [-0.3, -0.25) is 9.48 Å². The van der Waals surface area contributed by atoms with Crippen LogP contribution in [-0.4, -0.2) is 15.6 Å². The number of Topliss-reactive ketones (excluding diaryl/α,β-unsaturated/α-hetero) is 1. The van der Waals surface area contributed by atoms with Crippen LogP contribution in [0, 0.1) is 6.92 Å². The summed E-state index contributed by atoms with van der Waals surface area (Å²) in [5, 5.41) is 4.45. The third kappa shape index (κ3) is 2.41. The smallest absolute Gasteiger partial charge is 0.149 e. The maximum atomic E-state index is 13.0. The van der Waals surface area contributed by atoms with Crippen LogP contribution in [0.3, 0.4) is 0 Å². The zero-order valence-corrected chi connectivity index (χ0v) is 12.8. The highest BCUT2D eigenvalue weighted by atomic mass is 16.1. The van der Waals surface area contributed by atoms with Crippen LogP contribution in [0.1, 0.15) is 43.1 Å². The molecule has 110 valence electrons. The quantitative estimate of drug-likeness (QED) is 0.842. The van der Waals surface area contributed by atoms with E-state index in [4.69, 9.17) is 0 Å². The van der Waals surface area contributed by atoms with E-state index in [0.29, 0.717) is 12.2 Å². The van der Waals surface area contributed by atoms with Crippen LogP contribution in [-0.2, 0) is 23.2 Å². The van der Waals surface area contributed by atoms with Gasteiger partial charge in [-0.2, -0.15) is 5.10 Å². The number of benzene rings is 1. The SMILES string of the molecule is CCn1nc(C)cc1CC(=O)C1(c2ccccc2)CCC1. The number of aryl methyl sites for hydroxylation is 2. The van der Waals surface area contributed by atoms with Gasteiger partial charge < -0.3 is 0 Å². The number of carbonyl (C=O) groups excluding carboxylic acids is 1. The second kappa shape index (κ2) is 5.47. The van der Waals surface area contributed by atoms with Crippen molar-refractivity contribution in [2.45, 2.75) is 51.5 Å². The summed E-state index contributed by atoms with van der Waals surface area (Å²) in [7, 11) is 0. The molecule has 0 bridgehead atoms. The Balaban J connectivity index is 1.87. The fourth-order valence-electron chi connectivity index (χ4n) is 3.36. The Kier molecular flexibility index (Phi) is 3.66. The molecule has 1 fully saturated rings. The molecule has 3 rings (SSSR count). The van der Waals surface area contributed by atoms with Gasteiger partial charge in [0.25, 0.3) is 0 Å². The molecular formula is C18H22N2O. The molecule has 3 heteroatoms. The molecule has 1 aliphatic rings. The molecule has 1 saturated carbocycles. The predicted octanol–water partition coefficient (Wildman–Crippen LogP) is 3.44. The number of carbonyl (C=O) groups is 1. The number of hydrogen-bond donors (Lipinski definition) is 0. The van der Waals surface area contributed by atoms with Crippen LogP contribution >= 0.6 is 0 Å². The monoisotopic (exact) mass is 282 g/mol. The third-order valence-corrected chi connectivity index (χ3v) is 4.69. The van der Waals surface area contributed by atoms with Gasteiger partial charge >= 0.3 is 0 Å². The summed E-state index contributed by atoms with van der Waals surface area (Å²) in [5.74, 6) is 0.342. The van der Waals surface area contributed by atoms with E-state index in [1.807, 2.05) is 35.9 Å². The number of hydrogen-bond acceptors (Lipinski definition) is 2. The van der Waals surface area contributed by atoms with E-state index >= 15 is 0 Å². The minimum atomic E-state index is -0.252. The number of nitrogens with zero attached hydrogens (tertiary/aromatic N) is 2. The normalized spacial score (nSPS) is 16.5. The van der Waals surface area contributed by atoms with Crippen LogP contribution in [0.15, 0.2) is 36.4 Å². The van der Waals surface area contributed by atoms with Gasteiger partial charge in [-0.1, -0.05) is 36.8 Å². The van der Waals surface area contributed by atoms with E-state index in [1.165, 1.54) is 5.56 Å². The summed E-state index contributed by atoms with van der Waals surface area (Å²) < 4.78 is 1.95. The van der Waals surface area contributed by atoms with Gasteiger partial charge in [0.2, 0.25) is 0 Å². The van der Waals surface area contributed by atoms with Crippen molar-refractivity contribution in [3.63, 3.8) is 0 Å². The fraction of sp³-hybridized carbons (Fsp3) is 0.444. The van der Waals surface area contributed by atoms with E-state index in [9.17, 15) is 4.79 Å². The van der Waals surface area contributed by atoms with Gasteiger partial charge in [0.05, 0.1) is 11.1 Å². The average Bonchev–Trinajstić information content (AvgIpc) is 2.78. The van der Waals surface area contributed by atoms with Crippen LogP contribution in [0.5, 0.6) is 0 Å². The Labute approximate surface area is 126 Å². The van der Waals surface area contributed by atoms with Crippen molar-refractivity contribution >= 4 is 5.78 Å². The lowest BCUT2D eigenvalue weighted by Crippen LogP contribution is -2.43. The van der Waals surface area contributed by atoms with Crippen LogP contribution in [0.2, 0.25) is 0 Å². The van der Waals surface area contributed by atoms with Gasteiger partial charge in [0.1, 0.15) is 5.78 Å². The molecule has 0 saturated heterocycles. The Hall–Kier alpha value is -1.90. The van der Waals surface area contributed by atoms with E-state index < -0.39 is 0 Å². The zero-order chi connectivity index (χ0) is 14.9. The maximum absolute atomic E-state index is 13.0. The summed E-state index contributed by atoms with van der Waals surface area (Å²) in [5.41, 5.74) is 2.96. The van der Waals surface area contributed by atoms with E-state index in [1.54, 1.807) is 0 Å². The molecule has 0 amide bonds. The van der Waals surface area contributed by atoms with Crippen molar-refractivity contribution in [1.29, 1.82) is 0 Å². The lowest BCUT2D eigenvalue weighted by molar-refractivity contribution is -0.127. The Morgan fingerprint density at radius 1 is 1.29 bits per heavy atom. The largest absolute Gasteiger partial charge is 0.298 e. The summed E-state index contributed by atoms with van der Waals surface area (Å²) in [4.78, 5) is 13.0. The lowest BCUT2D eigenvalue weighted by atomic mass is 9.61. The van der Waals surface area contributed by atoms with Crippen molar-refractivity contribution in [1.82, 2.24) is 9.78 Å². The second-order valence-electron chi connectivity index (χ2n) is 5.99. The maximum Gasteiger partial charge on any atom is 0.149 e. The topological polar surface area (TPSA) is 34.9 Å². The summed E-state index contributed by atoms with van der Waals surface area (Å²) in [6.07, 6.45) is 3.60. The fourth-order valence-corrected chi connectivity index (χ4v) is 3.36. The van der Waals surface area contributed by atoms with Crippen molar-refractivity contribution in [2.24, 2.45) is 0 Å². The van der Waals surface area contributed by atoms with Gasteiger partial charge in [-0.05, 0) is 38.3 Å². The number of ketones is 1. The second-order valence-corrected chi connectivity index (χ2v) is 5.99. The third-order valence-electron chi connectivity index (χ3n) is 4.69. The first-order chi connectivity index (χ1) is 10.2. The predicted molar refractivity (Wildman–Crippen MR) is 83.3 cm³/mol. The van der Waals surface area contributed by atoms with Gasteiger partial charge in [-0.15, -0.1) is 0 Å². The summed E-state index contributed by atoms with van der Waals surface area (Å²) >= 11 is 0. The Morgan fingerprint density at radius 3 is 2.57 bits per heavy atom. The highest BCUT2D eigenvalue weighted by Gasteiger charge is 2.44. The molecule has 1 heterocycles. The highest BCUT2D eigenvalue weighted by Crippen LogP contribution is 2.45. The van der Waals surface area contributed by atoms with Crippen molar-refractivity contribution < 1.29 is 4.79 Å². The molecule has 0 radical (unpaired) electrons. The highest BCUT2D eigenvalue weighted by molar-refractivity contribution is 5.92. The molecule has 1 aromatic heterocycles. The number of aromatic nitrogens is 2. The van der Waals surface area contributed by atoms with Crippen LogP contribution < -0.4 is 0 Å². The van der Waals surface area contributed by atoms with Crippen LogP contribution in [0.25, 0.3) is 0 Å². The molecule has 2 aromatic rings. The first kappa shape index (κ1) is 14.1. The van der Waals surface area contributed by atoms with Crippen molar-refractivity contribution in [3.05, 3.63) is 53.3 Å². The molecule has 0 aliphatic heterocycles. The molecule has 0 N–H and O–H groups in total. The van der Waals surface area contributed by atoms with Crippen molar-refractivity contribution in [2.75, 3.05) is 0 Å². The Morgan fingerprint density at radius 2 is 2.00 bits per heavy atom. The molecule has 0 atom stereocenters. The summed E-state index contributed by atoms with van der Waals surface area (Å²) in [6.45, 7) is 4.86. The first-order valence-electron chi connectivity index (χ1n) is 7.78. The minimum absolute atomic E-state index is 0.252. The van der Waals surface area contributed by atoms with E-state index in [-0.39, 0.29) is 5.41 Å².